The first-order chi connectivity index (χ1) is 13.6. The highest BCUT2D eigenvalue weighted by Gasteiger charge is 2.23. The molecule has 4 nitrogen and oxygen atoms in total. The van der Waals surface area contributed by atoms with Crippen molar-refractivity contribution in [1.82, 2.24) is 0 Å². The third kappa shape index (κ3) is 4.80. The van der Waals surface area contributed by atoms with E-state index in [4.69, 9.17) is 21.1 Å². The average molecular weight is 414 g/mol. The number of nitrogens with one attached hydrogen (secondary N) is 1. The maximum atomic E-state index is 13.2. The van der Waals surface area contributed by atoms with Crippen molar-refractivity contribution in [2.45, 2.75) is 10.1 Å². The van der Waals surface area contributed by atoms with Gasteiger partial charge in [-0.25, -0.2) is 0 Å². The molecule has 3 rings (SSSR count). The molecule has 0 saturated carbocycles. The van der Waals surface area contributed by atoms with E-state index < -0.39 is 5.25 Å². The lowest BCUT2D eigenvalue weighted by molar-refractivity contribution is -0.115. The second-order valence-corrected chi connectivity index (χ2v) is 7.48. The van der Waals surface area contributed by atoms with Crippen LogP contribution in [0.2, 0.25) is 5.02 Å². The van der Waals surface area contributed by atoms with Gasteiger partial charge in [0, 0.05) is 11.0 Å². The summed E-state index contributed by atoms with van der Waals surface area (Å²) in [4.78, 5) is 14.2. The van der Waals surface area contributed by atoms with Gasteiger partial charge in [-0.2, -0.15) is 0 Å². The maximum Gasteiger partial charge on any atom is 0.242 e. The number of benzene rings is 3. The van der Waals surface area contributed by atoms with E-state index in [2.05, 4.69) is 5.32 Å². The lowest BCUT2D eigenvalue weighted by atomic mass is 10.1. The number of thioether (sulfide) groups is 1. The van der Waals surface area contributed by atoms with E-state index >= 15 is 0 Å². The van der Waals surface area contributed by atoms with Gasteiger partial charge in [-0.1, -0.05) is 60.1 Å². The summed E-state index contributed by atoms with van der Waals surface area (Å²) in [6.45, 7) is 0. The van der Waals surface area contributed by atoms with Crippen LogP contribution in [0.15, 0.2) is 77.7 Å². The number of ether oxygens (including phenoxy) is 2. The van der Waals surface area contributed by atoms with Crippen molar-refractivity contribution in [1.29, 1.82) is 0 Å². The Labute approximate surface area is 173 Å². The van der Waals surface area contributed by atoms with Gasteiger partial charge in [-0.3, -0.25) is 4.79 Å². The molecule has 1 amide bonds. The van der Waals surface area contributed by atoms with Crippen LogP contribution in [0.4, 0.5) is 5.69 Å². The van der Waals surface area contributed by atoms with Crippen LogP contribution in [0.25, 0.3) is 0 Å². The highest BCUT2D eigenvalue weighted by Crippen LogP contribution is 2.39. The Morgan fingerprint density at radius 3 is 2.14 bits per heavy atom. The first-order valence-corrected chi connectivity index (χ1v) is 9.87. The molecule has 3 aromatic rings. The summed E-state index contributed by atoms with van der Waals surface area (Å²) in [7, 11) is 3.06. The quantitative estimate of drug-likeness (QED) is 0.495. The molecular weight excluding hydrogens is 394 g/mol. The molecular formula is C22H20ClNO3S. The van der Waals surface area contributed by atoms with Gasteiger partial charge in [0.15, 0.2) is 0 Å². The Hall–Kier alpha value is -2.63. The molecule has 0 bridgehead atoms. The highest BCUT2D eigenvalue weighted by molar-refractivity contribution is 8.00. The number of methoxy groups -OCH3 is 2. The first-order valence-electron chi connectivity index (χ1n) is 8.61. The number of carbonyl (C=O) groups is 1. The van der Waals surface area contributed by atoms with Gasteiger partial charge in [-0.05, 0) is 23.8 Å². The van der Waals surface area contributed by atoms with E-state index in [0.29, 0.717) is 22.2 Å². The molecule has 1 atom stereocenters. The second kappa shape index (κ2) is 9.53. The molecule has 0 radical (unpaired) electrons. The number of hydrogen-bond donors (Lipinski definition) is 1. The summed E-state index contributed by atoms with van der Waals surface area (Å²) in [5.41, 5.74) is 1.40. The van der Waals surface area contributed by atoms with Crippen molar-refractivity contribution in [3.05, 3.63) is 83.4 Å². The summed E-state index contributed by atoms with van der Waals surface area (Å²) in [5, 5.41) is 2.91. The van der Waals surface area contributed by atoms with Gasteiger partial charge in [-0.15, -0.1) is 11.8 Å². The number of anilines is 1. The lowest BCUT2D eigenvalue weighted by Crippen LogP contribution is -2.19. The van der Waals surface area contributed by atoms with E-state index in [1.807, 2.05) is 60.7 Å². The molecule has 0 spiro atoms. The Kier molecular flexibility index (Phi) is 6.85. The van der Waals surface area contributed by atoms with Gasteiger partial charge < -0.3 is 14.8 Å². The van der Waals surface area contributed by atoms with E-state index in [0.717, 1.165) is 10.5 Å². The SMILES string of the molecule is COc1cc(OC)c(NC(=O)C(Sc2ccccc2)c2ccccc2)cc1Cl. The monoisotopic (exact) mass is 413 g/mol. The molecule has 0 aromatic heterocycles. The van der Waals surface area contributed by atoms with Crippen molar-refractivity contribution in [2.24, 2.45) is 0 Å². The molecule has 144 valence electrons. The third-order valence-electron chi connectivity index (χ3n) is 4.07. The number of carbonyl (C=O) groups excluding carboxylic acids is 1. The van der Waals surface area contributed by atoms with Gasteiger partial charge in [0.2, 0.25) is 5.91 Å². The zero-order chi connectivity index (χ0) is 19.9. The number of amides is 1. The fourth-order valence-corrected chi connectivity index (χ4v) is 3.98. The van der Waals surface area contributed by atoms with Crippen LogP contribution >= 0.6 is 23.4 Å². The van der Waals surface area contributed by atoms with E-state index in [1.54, 1.807) is 12.1 Å². The summed E-state index contributed by atoms with van der Waals surface area (Å²) < 4.78 is 10.6. The molecule has 0 fully saturated rings. The van der Waals surface area contributed by atoms with Crippen molar-refractivity contribution < 1.29 is 14.3 Å². The molecule has 1 N–H and O–H groups in total. The summed E-state index contributed by atoms with van der Waals surface area (Å²) in [6, 6.07) is 22.8. The Morgan fingerprint density at radius 2 is 1.54 bits per heavy atom. The maximum absolute atomic E-state index is 13.2. The minimum atomic E-state index is -0.436. The van der Waals surface area contributed by atoms with Crippen molar-refractivity contribution in [3.63, 3.8) is 0 Å². The Bertz CT molecular complexity index is 935. The van der Waals surface area contributed by atoms with Gasteiger partial charge in [0.05, 0.1) is 24.9 Å². The second-order valence-electron chi connectivity index (χ2n) is 5.90. The molecule has 28 heavy (non-hydrogen) atoms. The van der Waals surface area contributed by atoms with E-state index in [1.165, 1.54) is 26.0 Å². The van der Waals surface area contributed by atoms with Crippen LogP contribution < -0.4 is 14.8 Å². The van der Waals surface area contributed by atoms with Crippen molar-refractivity contribution in [2.75, 3.05) is 19.5 Å². The topological polar surface area (TPSA) is 47.6 Å². The fraction of sp³-hybridized carbons (Fsp3) is 0.136. The summed E-state index contributed by atoms with van der Waals surface area (Å²) >= 11 is 7.72. The fourth-order valence-electron chi connectivity index (χ4n) is 2.69. The summed E-state index contributed by atoms with van der Waals surface area (Å²) in [6.07, 6.45) is 0. The van der Waals surface area contributed by atoms with Crippen LogP contribution in [-0.2, 0) is 4.79 Å². The van der Waals surface area contributed by atoms with E-state index in [9.17, 15) is 4.79 Å². The van der Waals surface area contributed by atoms with Gasteiger partial charge >= 0.3 is 0 Å². The first kappa shape index (κ1) is 20.1. The molecule has 0 aliphatic rings. The largest absolute Gasteiger partial charge is 0.495 e. The Balaban J connectivity index is 1.91. The smallest absolute Gasteiger partial charge is 0.242 e. The van der Waals surface area contributed by atoms with Gasteiger partial charge in [0.25, 0.3) is 0 Å². The molecule has 0 aliphatic carbocycles. The molecule has 0 heterocycles. The predicted octanol–water partition coefficient (Wildman–Crippen LogP) is 5.83. The van der Waals surface area contributed by atoms with Crippen molar-refractivity contribution in [3.8, 4) is 11.5 Å². The van der Waals surface area contributed by atoms with Crippen LogP contribution in [-0.4, -0.2) is 20.1 Å². The molecule has 0 saturated heterocycles. The normalized spacial score (nSPS) is 11.5. The van der Waals surface area contributed by atoms with Crippen LogP contribution in [0.1, 0.15) is 10.8 Å². The molecule has 1 unspecified atom stereocenters. The molecule has 0 aliphatic heterocycles. The van der Waals surface area contributed by atoms with Crippen molar-refractivity contribution >= 4 is 35.0 Å². The standard InChI is InChI=1S/C22H20ClNO3S/c1-26-19-14-20(27-2)18(13-17(19)23)24-22(25)21(15-9-5-3-6-10-15)28-16-11-7-4-8-12-16/h3-14,21H,1-2H3,(H,24,25). The average Bonchev–Trinajstić information content (AvgIpc) is 2.73. The zero-order valence-corrected chi connectivity index (χ0v) is 17.1. The number of hydrogen-bond acceptors (Lipinski definition) is 4. The third-order valence-corrected chi connectivity index (χ3v) is 5.63. The molecule has 6 heteroatoms. The highest BCUT2D eigenvalue weighted by atomic mass is 35.5. The van der Waals surface area contributed by atoms with Crippen LogP contribution in [0, 0.1) is 0 Å². The van der Waals surface area contributed by atoms with E-state index in [-0.39, 0.29) is 5.91 Å². The minimum Gasteiger partial charge on any atom is -0.495 e. The predicted molar refractivity (Wildman–Crippen MR) is 115 cm³/mol. The Morgan fingerprint density at radius 1 is 0.929 bits per heavy atom. The molecule has 3 aromatic carbocycles. The number of rotatable bonds is 7. The van der Waals surface area contributed by atoms with Gasteiger partial charge in [0.1, 0.15) is 16.7 Å². The number of halogens is 1. The zero-order valence-electron chi connectivity index (χ0n) is 15.5. The van der Waals surface area contributed by atoms with Crippen LogP contribution in [0.3, 0.4) is 0 Å². The minimum absolute atomic E-state index is 0.167. The summed E-state index contributed by atoms with van der Waals surface area (Å²) in [5.74, 6) is 0.792. The lowest BCUT2D eigenvalue weighted by Gasteiger charge is -2.19. The van der Waals surface area contributed by atoms with Crippen LogP contribution in [0.5, 0.6) is 11.5 Å².